The van der Waals surface area contributed by atoms with E-state index >= 15 is 0 Å². The van der Waals surface area contributed by atoms with Gasteiger partial charge in [0.15, 0.2) is 0 Å². The quantitative estimate of drug-likeness (QED) is 0.393. The zero-order valence-electron chi connectivity index (χ0n) is 16.9. The number of benzene rings is 2. The van der Waals surface area contributed by atoms with Crippen LogP contribution in [0.4, 0.5) is 24.5 Å². The minimum absolute atomic E-state index is 0.0466. The second-order valence-electron chi connectivity index (χ2n) is 7.60. The van der Waals surface area contributed by atoms with Crippen molar-refractivity contribution in [3.63, 3.8) is 0 Å². The van der Waals surface area contributed by atoms with Crippen LogP contribution in [0.5, 0.6) is 0 Å². The highest BCUT2D eigenvalue weighted by atomic mass is 19.4. The normalized spacial score (nSPS) is 15.0. The van der Waals surface area contributed by atoms with Crippen molar-refractivity contribution in [1.82, 2.24) is 5.32 Å². The van der Waals surface area contributed by atoms with Gasteiger partial charge in [0.25, 0.3) is 5.69 Å². The highest BCUT2D eigenvalue weighted by Gasteiger charge is 2.34. The molecule has 1 heterocycles. The lowest BCUT2D eigenvalue weighted by atomic mass is 9.95. The molecule has 166 valence electrons. The number of rotatable bonds is 7. The molecule has 0 aliphatic carbocycles. The molecule has 1 amide bonds. The molecule has 3 rings (SSSR count). The Morgan fingerprint density at radius 2 is 1.81 bits per heavy atom. The number of nitro benzene ring substituents is 1. The molecular formula is C22H24F3N3O3. The summed E-state index contributed by atoms with van der Waals surface area (Å²) in [5, 5.41) is 14.3. The van der Waals surface area contributed by atoms with Crippen molar-refractivity contribution in [2.45, 2.75) is 31.9 Å². The fourth-order valence-electron chi connectivity index (χ4n) is 3.79. The third-order valence-electron chi connectivity index (χ3n) is 5.49. The predicted octanol–water partition coefficient (Wildman–Crippen LogP) is 4.58. The Labute approximate surface area is 178 Å². The van der Waals surface area contributed by atoms with Crippen LogP contribution in [0.15, 0.2) is 48.5 Å². The van der Waals surface area contributed by atoms with Gasteiger partial charge in [-0.1, -0.05) is 30.3 Å². The van der Waals surface area contributed by atoms with Gasteiger partial charge in [-0.2, -0.15) is 13.2 Å². The summed E-state index contributed by atoms with van der Waals surface area (Å²) in [6.07, 6.45) is -1.97. The van der Waals surface area contributed by atoms with Gasteiger partial charge in [0, 0.05) is 31.6 Å². The number of aryl methyl sites for hydroxylation is 1. The first kappa shape index (κ1) is 22.6. The molecule has 1 aliphatic heterocycles. The largest absolute Gasteiger partial charge is 0.416 e. The van der Waals surface area contributed by atoms with Crippen LogP contribution in [-0.2, 0) is 17.4 Å². The summed E-state index contributed by atoms with van der Waals surface area (Å²) in [7, 11) is 0. The van der Waals surface area contributed by atoms with E-state index in [1.54, 1.807) is 4.90 Å². The average Bonchev–Trinajstić information content (AvgIpc) is 2.76. The number of piperidine rings is 1. The van der Waals surface area contributed by atoms with Crippen molar-refractivity contribution < 1.29 is 22.9 Å². The monoisotopic (exact) mass is 435 g/mol. The Morgan fingerprint density at radius 3 is 2.42 bits per heavy atom. The van der Waals surface area contributed by atoms with Crippen LogP contribution in [0, 0.1) is 16.0 Å². The molecule has 9 heteroatoms. The molecule has 0 radical (unpaired) electrons. The fourth-order valence-corrected chi connectivity index (χ4v) is 3.79. The van der Waals surface area contributed by atoms with E-state index in [0.717, 1.165) is 25.0 Å². The smallest absolute Gasteiger partial charge is 0.366 e. The summed E-state index contributed by atoms with van der Waals surface area (Å²) >= 11 is 0. The zero-order chi connectivity index (χ0) is 22.4. The number of hydrogen-bond acceptors (Lipinski definition) is 4. The third-order valence-corrected chi connectivity index (χ3v) is 5.49. The van der Waals surface area contributed by atoms with Crippen LogP contribution in [0.3, 0.4) is 0 Å². The molecule has 2 aromatic carbocycles. The first-order valence-electron chi connectivity index (χ1n) is 10.2. The maximum atomic E-state index is 12.9. The molecule has 1 N–H and O–H groups in total. The Hall–Kier alpha value is -3.10. The molecule has 2 aromatic rings. The van der Waals surface area contributed by atoms with E-state index in [1.807, 2.05) is 30.3 Å². The van der Waals surface area contributed by atoms with Crippen molar-refractivity contribution in [1.29, 1.82) is 0 Å². The molecule has 0 bridgehead atoms. The van der Waals surface area contributed by atoms with E-state index in [0.29, 0.717) is 38.5 Å². The molecule has 0 aromatic heterocycles. The van der Waals surface area contributed by atoms with Crippen molar-refractivity contribution in [3.05, 3.63) is 69.8 Å². The number of alkyl halides is 3. The Morgan fingerprint density at radius 1 is 1.13 bits per heavy atom. The average molecular weight is 435 g/mol. The van der Waals surface area contributed by atoms with Gasteiger partial charge in [-0.05, 0) is 43.4 Å². The van der Waals surface area contributed by atoms with Crippen molar-refractivity contribution in [2.24, 2.45) is 5.92 Å². The number of nitrogens with zero attached hydrogens (tertiary/aromatic N) is 2. The molecule has 0 saturated carbocycles. The van der Waals surface area contributed by atoms with Crippen molar-refractivity contribution in [2.75, 3.05) is 24.5 Å². The van der Waals surface area contributed by atoms with Crippen LogP contribution in [0.1, 0.15) is 30.4 Å². The number of halogens is 3. The van der Waals surface area contributed by atoms with Gasteiger partial charge in [-0.15, -0.1) is 0 Å². The third kappa shape index (κ3) is 5.96. The van der Waals surface area contributed by atoms with Gasteiger partial charge in [0.05, 0.1) is 10.5 Å². The lowest BCUT2D eigenvalue weighted by Crippen LogP contribution is -2.41. The van der Waals surface area contributed by atoms with Crippen LogP contribution < -0.4 is 10.2 Å². The molecule has 6 nitrogen and oxygen atoms in total. The van der Waals surface area contributed by atoms with Gasteiger partial charge >= 0.3 is 6.18 Å². The Bertz CT molecular complexity index is 911. The van der Waals surface area contributed by atoms with E-state index in [2.05, 4.69) is 5.32 Å². The van der Waals surface area contributed by atoms with Crippen molar-refractivity contribution in [3.8, 4) is 0 Å². The first-order chi connectivity index (χ1) is 14.8. The van der Waals surface area contributed by atoms with Crippen LogP contribution in [0.2, 0.25) is 0 Å². The Kier molecular flexibility index (Phi) is 7.14. The molecule has 1 fully saturated rings. The standard InChI is InChI=1S/C22H24F3N3O3/c23-22(24,25)18-8-9-19(20(15-18)28(30)31)27-13-10-17(11-14-27)21(29)26-12-4-7-16-5-2-1-3-6-16/h1-3,5-6,8-9,15,17H,4,7,10-14H2,(H,26,29). The first-order valence-corrected chi connectivity index (χ1v) is 10.2. The molecule has 31 heavy (non-hydrogen) atoms. The van der Waals surface area contributed by atoms with E-state index < -0.39 is 22.4 Å². The van der Waals surface area contributed by atoms with Gasteiger partial charge in [0.1, 0.15) is 5.69 Å². The zero-order valence-corrected chi connectivity index (χ0v) is 16.9. The van der Waals surface area contributed by atoms with E-state index in [1.165, 1.54) is 5.56 Å². The molecule has 0 unspecified atom stereocenters. The van der Waals surface area contributed by atoms with Crippen LogP contribution in [0.25, 0.3) is 0 Å². The fraction of sp³-hybridized carbons (Fsp3) is 0.409. The summed E-state index contributed by atoms with van der Waals surface area (Å²) in [6, 6.07) is 12.6. The summed E-state index contributed by atoms with van der Waals surface area (Å²) < 4.78 is 38.7. The maximum absolute atomic E-state index is 12.9. The number of hydrogen-bond donors (Lipinski definition) is 1. The molecule has 1 aliphatic rings. The lowest BCUT2D eigenvalue weighted by Gasteiger charge is -2.32. The van der Waals surface area contributed by atoms with Gasteiger partial charge in [0.2, 0.25) is 5.91 Å². The molecule has 0 spiro atoms. The second-order valence-corrected chi connectivity index (χ2v) is 7.60. The number of nitro groups is 1. The molecule has 1 saturated heterocycles. The van der Waals surface area contributed by atoms with Crippen LogP contribution >= 0.6 is 0 Å². The minimum Gasteiger partial charge on any atom is -0.366 e. The topological polar surface area (TPSA) is 75.5 Å². The summed E-state index contributed by atoms with van der Waals surface area (Å²) in [6.45, 7) is 1.31. The van der Waals surface area contributed by atoms with Gasteiger partial charge in [-0.25, -0.2) is 0 Å². The molecule has 0 atom stereocenters. The second kappa shape index (κ2) is 9.80. The predicted molar refractivity (Wildman–Crippen MR) is 111 cm³/mol. The number of nitrogens with one attached hydrogen (secondary N) is 1. The number of carbonyl (C=O) groups is 1. The summed E-state index contributed by atoms with van der Waals surface area (Å²) in [5.41, 5.74) is -0.255. The van der Waals surface area contributed by atoms with Crippen molar-refractivity contribution >= 4 is 17.3 Å². The number of anilines is 1. The minimum atomic E-state index is -4.64. The Balaban J connectivity index is 1.52. The number of carbonyl (C=O) groups excluding carboxylic acids is 1. The SMILES string of the molecule is O=C(NCCCc1ccccc1)C1CCN(c2ccc(C(F)(F)F)cc2[N+](=O)[O-])CC1. The maximum Gasteiger partial charge on any atom is 0.416 e. The van der Waals surface area contributed by atoms with E-state index in [-0.39, 0.29) is 17.5 Å². The van der Waals surface area contributed by atoms with E-state index in [4.69, 9.17) is 0 Å². The summed E-state index contributed by atoms with van der Waals surface area (Å²) in [5.74, 6) is -0.254. The summed E-state index contributed by atoms with van der Waals surface area (Å²) in [4.78, 5) is 24.6. The highest BCUT2D eigenvalue weighted by molar-refractivity contribution is 5.79. The van der Waals surface area contributed by atoms with Gasteiger partial charge in [-0.3, -0.25) is 14.9 Å². The van der Waals surface area contributed by atoms with E-state index in [9.17, 15) is 28.1 Å². The highest BCUT2D eigenvalue weighted by Crippen LogP contribution is 2.37. The number of amides is 1. The molecular weight excluding hydrogens is 411 g/mol. The van der Waals surface area contributed by atoms with Gasteiger partial charge < -0.3 is 10.2 Å². The lowest BCUT2D eigenvalue weighted by molar-refractivity contribution is -0.384. The van der Waals surface area contributed by atoms with Crippen LogP contribution in [-0.4, -0.2) is 30.5 Å².